The Morgan fingerprint density at radius 1 is 1.39 bits per heavy atom. The average molecular weight is 358 g/mol. The predicted octanol–water partition coefficient (Wildman–Crippen LogP) is 4.63. The summed E-state index contributed by atoms with van der Waals surface area (Å²) in [5.41, 5.74) is 0.675. The Bertz CT molecular complexity index is 481. The highest BCUT2D eigenvalue weighted by Gasteiger charge is 2.23. The molecule has 6 heteroatoms. The van der Waals surface area contributed by atoms with Crippen molar-refractivity contribution in [2.75, 3.05) is 5.75 Å². The van der Waals surface area contributed by atoms with Gasteiger partial charge in [0.2, 0.25) is 0 Å². The summed E-state index contributed by atoms with van der Waals surface area (Å²) in [7, 11) is 0. The van der Waals surface area contributed by atoms with Crippen LogP contribution in [0.3, 0.4) is 0 Å². The summed E-state index contributed by atoms with van der Waals surface area (Å²) in [5.74, 6) is 1.28. The number of carbonyl (C=O) groups excluding carboxylic acids is 2. The Morgan fingerprint density at radius 3 is 2.70 bits per heavy atom. The molecule has 4 nitrogen and oxygen atoms in total. The number of unbranched alkanes of at least 4 members (excludes halogenated alkanes) is 1. The number of alkyl carbamates (subject to hydrolysis) is 1. The van der Waals surface area contributed by atoms with Crippen LogP contribution in [-0.4, -0.2) is 29.3 Å². The summed E-state index contributed by atoms with van der Waals surface area (Å²) in [5, 5.41) is 6.85. The number of amides is 1. The highest BCUT2D eigenvalue weighted by Crippen LogP contribution is 2.16. The molecule has 130 valence electrons. The number of ketones is 1. The monoisotopic (exact) mass is 357 g/mol. The minimum absolute atomic E-state index is 0.0598. The molecule has 1 rings (SSSR count). The van der Waals surface area contributed by atoms with Crippen molar-refractivity contribution < 1.29 is 14.3 Å². The number of carbonyl (C=O) groups is 2. The SMILES string of the molecule is CCCCC(NC(=O)OC(C)(C)C)C(=O)CSCc1ccsc1. The Morgan fingerprint density at radius 2 is 2.13 bits per heavy atom. The first kappa shape index (κ1) is 20.0. The van der Waals surface area contributed by atoms with Gasteiger partial charge in [0, 0.05) is 5.75 Å². The lowest BCUT2D eigenvalue weighted by Crippen LogP contribution is -2.44. The molecule has 1 aromatic heterocycles. The molecule has 1 heterocycles. The van der Waals surface area contributed by atoms with Crippen LogP contribution in [0.25, 0.3) is 0 Å². The zero-order valence-corrected chi connectivity index (χ0v) is 16.0. The van der Waals surface area contributed by atoms with Crippen molar-refractivity contribution in [2.24, 2.45) is 0 Å². The molecule has 0 aliphatic carbocycles. The normalized spacial score (nSPS) is 12.7. The van der Waals surface area contributed by atoms with Crippen molar-refractivity contribution in [1.29, 1.82) is 0 Å². The van der Waals surface area contributed by atoms with Crippen molar-refractivity contribution in [3.63, 3.8) is 0 Å². The number of ether oxygens (including phenoxy) is 1. The first-order valence-corrected chi connectivity index (χ1v) is 10.0. The van der Waals surface area contributed by atoms with Crippen molar-refractivity contribution in [2.45, 2.75) is 64.4 Å². The van der Waals surface area contributed by atoms with Gasteiger partial charge in [0.05, 0.1) is 11.8 Å². The van der Waals surface area contributed by atoms with Crippen LogP contribution in [0, 0.1) is 0 Å². The molecular weight excluding hydrogens is 330 g/mol. The summed E-state index contributed by atoms with van der Waals surface area (Å²) in [6, 6.07) is 1.61. The van der Waals surface area contributed by atoms with Crippen LogP contribution in [0.15, 0.2) is 16.8 Å². The predicted molar refractivity (Wildman–Crippen MR) is 98.2 cm³/mol. The highest BCUT2D eigenvalue weighted by molar-refractivity contribution is 7.99. The van der Waals surface area contributed by atoms with Gasteiger partial charge in [0.1, 0.15) is 5.60 Å². The lowest BCUT2D eigenvalue weighted by Gasteiger charge is -2.23. The fourth-order valence-electron chi connectivity index (χ4n) is 1.92. The van der Waals surface area contributed by atoms with Crippen LogP contribution in [0.5, 0.6) is 0 Å². The first-order chi connectivity index (χ1) is 10.8. The summed E-state index contributed by atoms with van der Waals surface area (Å²) >= 11 is 3.24. The third-order valence-corrected chi connectivity index (χ3v) is 4.78. The summed E-state index contributed by atoms with van der Waals surface area (Å²) in [6.07, 6.45) is 2.03. The van der Waals surface area contributed by atoms with E-state index in [0.29, 0.717) is 12.2 Å². The van der Waals surface area contributed by atoms with Gasteiger partial charge in [-0.2, -0.15) is 11.3 Å². The molecule has 0 bridgehead atoms. The maximum Gasteiger partial charge on any atom is 0.408 e. The van der Waals surface area contributed by atoms with Crippen LogP contribution >= 0.6 is 23.1 Å². The van der Waals surface area contributed by atoms with Crippen LogP contribution in [0.4, 0.5) is 4.79 Å². The Balaban J connectivity index is 2.47. The molecular formula is C17H27NO3S2. The minimum Gasteiger partial charge on any atom is -0.444 e. The van der Waals surface area contributed by atoms with Gasteiger partial charge in [-0.15, -0.1) is 11.8 Å². The number of thiophene rings is 1. The molecule has 0 saturated heterocycles. The van der Waals surface area contributed by atoms with E-state index in [9.17, 15) is 9.59 Å². The van der Waals surface area contributed by atoms with Gasteiger partial charge in [0.25, 0.3) is 0 Å². The van der Waals surface area contributed by atoms with Crippen molar-refractivity contribution >= 4 is 35.0 Å². The van der Waals surface area contributed by atoms with E-state index >= 15 is 0 Å². The number of thioether (sulfide) groups is 1. The third-order valence-electron chi connectivity index (χ3n) is 3.02. The quantitative estimate of drug-likeness (QED) is 0.700. The maximum absolute atomic E-state index is 12.4. The van der Waals surface area contributed by atoms with Gasteiger partial charge in [-0.25, -0.2) is 4.79 Å². The van der Waals surface area contributed by atoms with Gasteiger partial charge in [-0.1, -0.05) is 19.8 Å². The van der Waals surface area contributed by atoms with Gasteiger partial charge in [-0.3, -0.25) is 4.79 Å². The van der Waals surface area contributed by atoms with Gasteiger partial charge in [-0.05, 0) is 49.6 Å². The summed E-state index contributed by atoms with van der Waals surface area (Å²) < 4.78 is 5.25. The van der Waals surface area contributed by atoms with E-state index in [-0.39, 0.29) is 5.78 Å². The van der Waals surface area contributed by atoms with Crippen LogP contribution in [-0.2, 0) is 15.3 Å². The standard InChI is InChI=1S/C17H27NO3S2/c1-5-6-7-14(18-16(20)21-17(2,3)4)15(19)12-23-11-13-8-9-22-10-13/h8-10,14H,5-7,11-12H2,1-4H3,(H,18,20). The summed E-state index contributed by atoms with van der Waals surface area (Å²) in [4.78, 5) is 24.3. The molecule has 23 heavy (non-hydrogen) atoms. The number of Topliss-reactive ketones (excluding diaryl/α,β-unsaturated/α-hetero) is 1. The maximum atomic E-state index is 12.4. The van der Waals surface area contributed by atoms with E-state index in [1.807, 2.05) is 26.2 Å². The average Bonchev–Trinajstić information content (AvgIpc) is 2.94. The molecule has 1 unspecified atom stereocenters. The van der Waals surface area contributed by atoms with Crippen molar-refractivity contribution in [3.8, 4) is 0 Å². The van der Waals surface area contributed by atoms with E-state index in [2.05, 4.69) is 23.7 Å². The molecule has 0 spiro atoms. The largest absolute Gasteiger partial charge is 0.444 e. The van der Waals surface area contributed by atoms with E-state index in [1.165, 1.54) is 5.56 Å². The van der Waals surface area contributed by atoms with Crippen LogP contribution in [0.2, 0.25) is 0 Å². The van der Waals surface area contributed by atoms with E-state index in [4.69, 9.17) is 4.74 Å². The third kappa shape index (κ3) is 9.01. The number of rotatable bonds is 9. The number of nitrogens with one attached hydrogen (secondary N) is 1. The Hall–Kier alpha value is -1.01. The number of hydrogen-bond donors (Lipinski definition) is 1. The topological polar surface area (TPSA) is 55.4 Å². The highest BCUT2D eigenvalue weighted by atomic mass is 32.2. The molecule has 0 radical (unpaired) electrons. The summed E-state index contributed by atoms with van der Waals surface area (Å²) in [6.45, 7) is 7.50. The van der Waals surface area contributed by atoms with Gasteiger partial charge >= 0.3 is 6.09 Å². The minimum atomic E-state index is -0.559. The molecule has 1 N–H and O–H groups in total. The molecule has 0 aliphatic rings. The molecule has 0 fully saturated rings. The lowest BCUT2D eigenvalue weighted by molar-refractivity contribution is -0.118. The van der Waals surface area contributed by atoms with E-state index < -0.39 is 17.7 Å². The first-order valence-electron chi connectivity index (χ1n) is 7.93. The fraction of sp³-hybridized carbons (Fsp3) is 0.647. The molecule has 0 aromatic carbocycles. The zero-order chi connectivity index (χ0) is 17.3. The van der Waals surface area contributed by atoms with Gasteiger partial charge in [0.15, 0.2) is 5.78 Å². The van der Waals surface area contributed by atoms with E-state index in [0.717, 1.165) is 18.6 Å². The zero-order valence-electron chi connectivity index (χ0n) is 14.4. The molecule has 1 amide bonds. The Labute approximate surface area is 147 Å². The van der Waals surface area contributed by atoms with Crippen molar-refractivity contribution in [1.82, 2.24) is 5.32 Å². The smallest absolute Gasteiger partial charge is 0.408 e. The Kier molecular flexibility index (Phi) is 8.69. The fourth-order valence-corrected chi connectivity index (χ4v) is 3.61. The van der Waals surface area contributed by atoms with E-state index in [1.54, 1.807) is 23.1 Å². The van der Waals surface area contributed by atoms with Gasteiger partial charge < -0.3 is 10.1 Å². The molecule has 0 saturated carbocycles. The van der Waals surface area contributed by atoms with Crippen LogP contribution < -0.4 is 5.32 Å². The molecule has 0 aliphatic heterocycles. The number of hydrogen-bond acceptors (Lipinski definition) is 5. The molecule has 1 atom stereocenters. The second-order valence-corrected chi connectivity index (χ2v) is 8.20. The lowest BCUT2D eigenvalue weighted by atomic mass is 10.1. The van der Waals surface area contributed by atoms with Crippen LogP contribution in [0.1, 0.15) is 52.5 Å². The van der Waals surface area contributed by atoms with Crippen molar-refractivity contribution in [3.05, 3.63) is 22.4 Å². The molecule has 1 aromatic rings. The second-order valence-electron chi connectivity index (χ2n) is 6.43. The second kappa shape index (κ2) is 9.98.